The highest BCUT2D eigenvalue weighted by atomic mass is 32.2. The number of amides is 1. The van der Waals surface area contributed by atoms with Crippen LogP contribution in [0, 0.1) is 0 Å². The molecule has 7 nitrogen and oxygen atoms in total. The Hall–Kier alpha value is -2.58. The summed E-state index contributed by atoms with van der Waals surface area (Å²) in [6.07, 6.45) is 1.69. The highest BCUT2D eigenvalue weighted by molar-refractivity contribution is 7.89. The summed E-state index contributed by atoms with van der Waals surface area (Å²) in [7, 11) is -3.53. The monoisotopic (exact) mass is 406 g/mol. The topological polar surface area (TPSA) is 93.7 Å². The van der Waals surface area contributed by atoms with Crippen LogP contribution in [0.25, 0.3) is 0 Å². The number of unbranched alkanes of at least 4 members (excludes halogenated alkanes) is 1. The lowest BCUT2D eigenvalue weighted by molar-refractivity contribution is -0.118. The molecule has 2 aromatic carbocycles. The van der Waals surface area contributed by atoms with E-state index in [0.29, 0.717) is 30.3 Å². The van der Waals surface area contributed by atoms with Crippen molar-refractivity contribution >= 4 is 21.6 Å². The number of nitrogens with one attached hydrogen (secondary N) is 2. The molecule has 0 spiro atoms. The molecule has 0 unspecified atom stereocenters. The maximum atomic E-state index is 12.1. The van der Waals surface area contributed by atoms with Gasteiger partial charge in [0.2, 0.25) is 10.0 Å². The average molecular weight is 407 g/mol. The summed E-state index contributed by atoms with van der Waals surface area (Å²) in [6, 6.07) is 13.1. The second-order valence-corrected chi connectivity index (χ2v) is 7.76. The highest BCUT2D eigenvalue weighted by Gasteiger charge is 2.13. The molecule has 0 bridgehead atoms. The Kier molecular flexibility index (Phi) is 8.28. The second-order valence-electron chi connectivity index (χ2n) is 5.99. The Bertz CT molecular complexity index is 866. The first-order valence-corrected chi connectivity index (χ1v) is 10.7. The molecule has 0 atom stereocenters. The molecule has 0 fully saturated rings. The van der Waals surface area contributed by atoms with Crippen LogP contribution in [0.4, 0.5) is 5.69 Å². The summed E-state index contributed by atoms with van der Waals surface area (Å²) in [4.78, 5) is 12.3. The number of carbonyl (C=O) groups excluding carboxylic acids is 1. The van der Waals surface area contributed by atoms with Crippen LogP contribution in [-0.2, 0) is 14.8 Å². The van der Waals surface area contributed by atoms with Gasteiger partial charge in [0, 0.05) is 6.54 Å². The zero-order valence-electron chi connectivity index (χ0n) is 16.1. The molecule has 8 heteroatoms. The van der Waals surface area contributed by atoms with Gasteiger partial charge in [-0.15, -0.1) is 0 Å². The molecule has 2 N–H and O–H groups in total. The Morgan fingerprint density at radius 1 is 1.00 bits per heavy atom. The van der Waals surface area contributed by atoms with E-state index in [-0.39, 0.29) is 17.4 Å². The van der Waals surface area contributed by atoms with Crippen molar-refractivity contribution in [3.63, 3.8) is 0 Å². The first kappa shape index (κ1) is 21.7. The third-order valence-corrected chi connectivity index (χ3v) is 5.26. The van der Waals surface area contributed by atoms with Crippen LogP contribution in [0.2, 0.25) is 0 Å². The Balaban J connectivity index is 1.90. The van der Waals surface area contributed by atoms with Gasteiger partial charge in [-0.25, -0.2) is 13.1 Å². The van der Waals surface area contributed by atoms with Crippen molar-refractivity contribution in [3.8, 4) is 11.5 Å². The summed E-state index contributed by atoms with van der Waals surface area (Å²) >= 11 is 0. The molecular formula is C20H26N2O5S. The normalized spacial score (nSPS) is 11.1. The van der Waals surface area contributed by atoms with Crippen LogP contribution in [0.3, 0.4) is 0 Å². The van der Waals surface area contributed by atoms with Crippen LogP contribution < -0.4 is 19.5 Å². The average Bonchev–Trinajstić information content (AvgIpc) is 2.68. The lowest BCUT2D eigenvalue weighted by atomic mass is 10.3. The molecule has 1 amide bonds. The number of anilines is 1. The molecule has 0 heterocycles. The predicted molar refractivity (Wildman–Crippen MR) is 108 cm³/mol. The van der Waals surface area contributed by atoms with E-state index in [2.05, 4.69) is 10.0 Å². The SMILES string of the molecule is CCCCNS(=O)(=O)c1ccc(OCC(=O)Nc2ccccc2OCC)cc1. The fourth-order valence-electron chi connectivity index (χ4n) is 2.37. The summed E-state index contributed by atoms with van der Waals surface area (Å²) in [5.74, 6) is 0.648. The van der Waals surface area contributed by atoms with E-state index in [1.807, 2.05) is 19.9 Å². The number of para-hydroxylation sites is 2. The van der Waals surface area contributed by atoms with Crippen LogP contribution in [0.15, 0.2) is 53.4 Å². The molecule has 0 saturated heterocycles. The minimum atomic E-state index is -3.53. The molecule has 2 rings (SSSR count). The van der Waals surface area contributed by atoms with Gasteiger partial charge in [0.05, 0.1) is 17.2 Å². The Labute approximate surface area is 166 Å². The van der Waals surface area contributed by atoms with E-state index in [4.69, 9.17) is 9.47 Å². The van der Waals surface area contributed by atoms with Gasteiger partial charge in [0.1, 0.15) is 11.5 Å². The molecule has 0 aliphatic rings. The Morgan fingerprint density at radius 2 is 1.71 bits per heavy atom. The number of carbonyl (C=O) groups is 1. The molecule has 0 aliphatic heterocycles. The Morgan fingerprint density at radius 3 is 2.39 bits per heavy atom. The van der Waals surface area contributed by atoms with Gasteiger partial charge in [-0.3, -0.25) is 4.79 Å². The molecule has 0 saturated carbocycles. The standard InChI is InChI=1S/C20H26N2O5S/c1-3-5-14-21-28(24,25)17-12-10-16(11-13-17)27-15-20(23)22-18-8-6-7-9-19(18)26-4-2/h6-13,21H,3-5,14-15H2,1-2H3,(H,22,23). The van der Waals surface area contributed by atoms with Gasteiger partial charge < -0.3 is 14.8 Å². The third kappa shape index (κ3) is 6.54. The zero-order valence-corrected chi connectivity index (χ0v) is 16.9. The van der Waals surface area contributed by atoms with E-state index in [0.717, 1.165) is 12.8 Å². The van der Waals surface area contributed by atoms with Crippen LogP contribution in [0.5, 0.6) is 11.5 Å². The third-order valence-electron chi connectivity index (χ3n) is 3.79. The van der Waals surface area contributed by atoms with Gasteiger partial charge in [0.15, 0.2) is 6.61 Å². The van der Waals surface area contributed by atoms with Gasteiger partial charge in [-0.1, -0.05) is 25.5 Å². The van der Waals surface area contributed by atoms with E-state index in [1.54, 1.807) is 18.2 Å². The maximum absolute atomic E-state index is 12.1. The summed E-state index contributed by atoms with van der Waals surface area (Å²) < 4.78 is 37.7. The highest BCUT2D eigenvalue weighted by Crippen LogP contribution is 2.23. The van der Waals surface area contributed by atoms with Crippen molar-refractivity contribution in [3.05, 3.63) is 48.5 Å². The van der Waals surface area contributed by atoms with Crippen LogP contribution >= 0.6 is 0 Å². The van der Waals surface area contributed by atoms with Crippen molar-refractivity contribution < 1.29 is 22.7 Å². The molecule has 28 heavy (non-hydrogen) atoms. The first-order chi connectivity index (χ1) is 13.5. The molecule has 0 aromatic heterocycles. The minimum absolute atomic E-state index is 0.158. The lowest BCUT2D eigenvalue weighted by Gasteiger charge is -2.12. The van der Waals surface area contributed by atoms with Crippen molar-refractivity contribution in [2.75, 3.05) is 25.1 Å². The number of benzene rings is 2. The molecule has 2 aromatic rings. The first-order valence-electron chi connectivity index (χ1n) is 9.20. The minimum Gasteiger partial charge on any atom is -0.492 e. The molecule has 0 radical (unpaired) electrons. The lowest BCUT2D eigenvalue weighted by Crippen LogP contribution is -2.24. The zero-order chi connectivity index (χ0) is 20.4. The van der Waals surface area contributed by atoms with Crippen LogP contribution in [0.1, 0.15) is 26.7 Å². The van der Waals surface area contributed by atoms with Gasteiger partial charge in [-0.2, -0.15) is 0 Å². The van der Waals surface area contributed by atoms with Gasteiger partial charge in [0.25, 0.3) is 5.91 Å². The quantitative estimate of drug-likeness (QED) is 0.559. The van der Waals surface area contributed by atoms with E-state index < -0.39 is 10.0 Å². The van der Waals surface area contributed by atoms with Gasteiger partial charge in [-0.05, 0) is 49.7 Å². The van der Waals surface area contributed by atoms with E-state index in [1.165, 1.54) is 24.3 Å². The maximum Gasteiger partial charge on any atom is 0.262 e. The summed E-state index contributed by atoms with van der Waals surface area (Å²) in [5.41, 5.74) is 0.567. The summed E-state index contributed by atoms with van der Waals surface area (Å²) in [6.45, 7) is 4.55. The van der Waals surface area contributed by atoms with E-state index >= 15 is 0 Å². The van der Waals surface area contributed by atoms with Gasteiger partial charge >= 0.3 is 0 Å². The predicted octanol–water partition coefficient (Wildman–Crippen LogP) is 3.18. The number of hydrogen-bond acceptors (Lipinski definition) is 5. The van der Waals surface area contributed by atoms with Crippen molar-refractivity contribution in [1.29, 1.82) is 0 Å². The number of sulfonamides is 1. The number of ether oxygens (including phenoxy) is 2. The summed E-state index contributed by atoms with van der Waals surface area (Å²) in [5, 5.41) is 2.74. The van der Waals surface area contributed by atoms with Crippen molar-refractivity contribution in [2.45, 2.75) is 31.6 Å². The molecular weight excluding hydrogens is 380 g/mol. The fourth-order valence-corrected chi connectivity index (χ4v) is 3.44. The fraction of sp³-hybridized carbons (Fsp3) is 0.350. The molecule has 152 valence electrons. The van der Waals surface area contributed by atoms with Crippen molar-refractivity contribution in [1.82, 2.24) is 4.72 Å². The second kappa shape index (κ2) is 10.7. The smallest absolute Gasteiger partial charge is 0.262 e. The largest absolute Gasteiger partial charge is 0.492 e. The number of hydrogen-bond donors (Lipinski definition) is 2. The van der Waals surface area contributed by atoms with Crippen molar-refractivity contribution in [2.24, 2.45) is 0 Å². The van der Waals surface area contributed by atoms with Crippen LogP contribution in [-0.4, -0.2) is 34.1 Å². The van der Waals surface area contributed by atoms with E-state index in [9.17, 15) is 13.2 Å². The molecule has 0 aliphatic carbocycles. The number of rotatable bonds is 11.